The van der Waals surface area contributed by atoms with Crippen LogP contribution < -0.4 is 5.32 Å². The maximum atomic E-state index is 4.56. The van der Waals surface area contributed by atoms with Gasteiger partial charge in [-0.15, -0.1) is 11.3 Å². The van der Waals surface area contributed by atoms with Crippen molar-refractivity contribution in [1.29, 1.82) is 0 Å². The highest BCUT2D eigenvalue weighted by Crippen LogP contribution is 2.40. The van der Waals surface area contributed by atoms with Crippen molar-refractivity contribution < 1.29 is 0 Å². The molecule has 0 saturated heterocycles. The number of nitrogens with zero attached hydrogens (tertiary/aromatic N) is 2. The second-order valence-electron chi connectivity index (χ2n) is 7.18. The zero-order valence-corrected chi connectivity index (χ0v) is 15.8. The van der Waals surface area contributed by atoms with Gasteiger partial charge in [0.05, 0.1) is 5.39 Å². The topological polar surface area (TPSA) is 37.8 Å². The molecule has 0 bridgehead atoms. The molecule has 0 aliphatic heterocycles. The highest BCUT2D eigenvalue weighted by molar-refractivity contribution is 7.19. The summed E-state index contributed by atoms with van der Waals surface area (Å²) in [6, 6.07) is 8.78. The van der Waals surface area contributed by atoms with E-state index in [-0.39, 0.29) is 0 Å². The minimum Gasteiger partial charge on any atom is -0.340 e. The van der Waals surface area contributed by atoms with Crippen molar-refractivity contribution in [1.82, 2.24) is 9.97 Å². The smallest absolute Gasteiger partial charge is 0.142 e. The number of aromatic nitrogens is 2. The first-order valence-corrected chi connectivity index (χ1v) is 10.2. The summed E-state index contributed by atoms with van der Waals surface area (Å²) in [7, 11) is 0. The van der Waals surface area contributed by atoms with Gasteiger partial charge in [-0.1, -0.05) is 32.4 Å². The SMILES string of the molecule is CCCCc1ccc(Nc2ncnc3sc4c(c23)CC[C@H](C)C4)cc1. The lowest BCUT2D eigenvalue weighted by atomic mass is 9.89. The van der Waals surface area contributed by atoms with Gasteiger partial charge in [0.2, 0.25) is 0 Å². The fraction of sp³-hybridized carbons (Fsp3) is 0.429. The molecule has 3 aromatic rings. The van der Waals surface area contributed by atoms with Crippen molar-refractivity contribution in [3.63, 3.8) is 0 Å². The van der Waals surface area contributed by atoms with E-state index in [1.165, 1.54) is 47.1 Å². The molecule has 3 nitrogen and oxygen atoms in total. The molecule has 0 radical (unpaired) electrons. The lowest BCUT2D eigenvalue weighted by molar-refractivity contribution is 0.509. The van der Waals surface area contributed by atoms with Crippen molar-refractivity contribution in [3.8, 4) is 0 Å². The van der Waals surface area contributed by atoms with E-state index in [4.69, 9.17) is 0 Å². The first-order valence-electron chi connectivity index (χ1n) is 9.35. The summed E-state index contributed by atoms with van der Waals surface area (Å²) in [6.07, 6.45) is 8.92. The first-order chi connectivity index (χ1) is 12.2. The molecule has 4 rings (SSSR count). The van der Waals surface area contributed by atoms with Crippen molar-refractivity contribution >= 4 is 33.1 Å². The molecule has 1 N–H and O–H groups in total. The van der Waals surface area contributed by atoms with Gasteiger partial charge in [-0.25, -0.2) is 9.97 Å². The molecule has 130 valence electrons. The molecule has 0 amide bonds. The van der Waals surface area contributed by atoms with Crippen LogP contribution in [0.4, 0.5) is 11.5 Å². The Bertz CT molecular complexity index is 867. The Hall–Kier alpha value is -1.94. The lowest BCUT2D eigenvalue weighted by Crippen LogP contribution is -2.09. The Kier molecular flexibility index (Phi) is 4.71. The van der Waals surface area contributed by atoms with E-state index in [1.807, 2.05) is 11.3 Å². The third kappa shape index (κ3) is 3.40. The zero-order valence-electron chi connectivity index (χ0n) is 15.0. The number of thiophene rings is 1. The Balaban J connectivity index is 1.63. The summed E-state index contributed by atoms with van der Waals surface area (Å²) in [5.74, 6) is 1.74. The Morgan fingerprint density at radius 1 is 1.20 bits per heavy atom. The number of rotatable bonds is 5. The van der Waals surface area contributed by atoms with Gasteiger partial charge in [0.25, 0.3) is 0 Å². The van der Waals surface area contributed by atoms with Crippen molar-refractivity contribution in [2.45, 2.75) is 52.4 Å². The van der Waals surface area contributed by atoms with Crippen LogP contribution >= 0.6 is 11.3 Å². The second kappa shape index (κ2) is 7.12. The molecule has 0 saturated carbocycles. The minimum absolute atomic E-state index is 0.778. The number of hydrogen-bond donors (Lipinski definition) is 1. The molecule has 2 aromatic heterocycles. The normalized spacial score (nSPS) is 16.8. The van der Waals surface area contributed by atoms with Crippen molar-refractivity contribution in [3.05, 3.63) is 46.6 Å². The van der Waals surface area contributed by atoms with E-state index in [2.05, 4.69) is 53.4 Å². The average molecular weight is 352 g/mol. The Morgan fingerprint density at radius 2 is 2.04 bits per heavy atom. The molecule has 0 fully saturated rings. The van der Waals surface area contributed by atoms with Gasteiger partial charge in [0, 0.05) is 10.6 Å². The minimum atomic E-state index is 0.778. The number of unbranched alkanes of at least 4 members (excludes halogenated alkanes) is 1. The van der Waals surface area contributed by atoms with Gasteiger partial charge in [-0.3, -0.25) is 0 Å². The molecule has 2 heterocycles. The molecule has 1 aliphatic rings. The molecule has 0 spiro atoms. The zero-order chi connectivity index (χ0) is 17.2. The summed E-state index contributed by atoms with van der Waals surface area (Å²) in [4.78, 5) is 11.7. The van der Waals surface area contributed by atoms with Crippen LogP contribution in [0.1, 0.15) is 49.1 Å². The summed E-state index contributed by atoms with van der Waals surface area (Å²) in [5, 5.41) is 4.77. The van der Waals surface area contributed by atoms with Crippen LogP contribution in [-0.2, 0) is 19.3 Å². The van der Waals surface area contributed by atoms with Gasteiger partial charge in [-0.05, 0) is 61.3 Å². The molecular formula is C21H25N3S. The Morgan fingerprint density at radius 3 is 2.84 bits per heavy atom. The molecule has 1 atom stereocenters. The summed E-state index contributed by atoms with van der Waals surface area (Å²) in [5.41, 5.74) is 3.98. The molecule has 1 aliphatic carbocycles. The predicted octanol–water partition coefficient (Wildman–Crippen LogP) is 5.90. The first kappa shape index (κ1) is 16.5. The van der Waals surface area contributed by atoms with E-state index < -0.39 is 0 Å². The highest BCUT2D eigenvalue weighted by Gasteiger charge is 2.23. The molecule has 1 aromatic carbocycles. The molecule has 25 heavy (non-hydrogen) atoms. The number of benzene rings is 1. The van der Waals surface area contributed by atoms with Crippen LogP contribution in [0, 0.1) is 5.92 Å². The number of nitrogens with one attached hydrogen (secondary N) is 1. The largest absolute Gasteiger partial charge is 0.340 e. The average Bonchev–Trinajstić information content (AvgIpc) is 2.99. The third-order valence-electron chi connectivity index (χ3n) is 5.13. The maximum absolute atomic E-state index is 4.56. The second-order valence-corrected chi connectivity index (χ2v) is 8.26. The molecular weight excluding hydrogens is 326 g/mol. The van der Waals surface area contributed by atoms with E-state index >= 15 is 0 Å². The maximum Gasteiger partial charge on any atom is 0.142 e. The summed E-state index contributed by atoms with van der Waals surface area (Å²) in [6.45, 7) is 4.58. The number of aryl methyl sites for hydroxylation is 2. The van der Waals surface area contributed by atoms with E-state index in [0.717, 1.165) is 35.1 Å². The summed E-state index contributed by atoms with van der Waals surface area (Å²) >= 11 is 1.85. The van der Waals surface area contributed by atoms with Gasteiger partial charge in [-0.2, -0.15) is 0 Å². The lowest BCUT2D eigenvalue weighted by Gasteiger charge is -2.18. The van der Waals surface area contributed by atoms with E-state index in [9.17, 15) is 0 Å². The quantitative estimate of drug-likeness (QED) is 0.621. The highest BCUT2D eigenvalue weighted by atomic mass is 32.1. The van der Waals surface area contributed by atoms with Gasteiger partial charge in [0.1, 0.15) is 17.0 Å². The summed E-state index contributed by atoms with van der Waals surface area (Å²) < 4.78 is 0. The number of fused-ring (bicyclic) bond motifs is 3. The third-order valence-corrected chi connectivity index (χ3v) is 6.29. The van der Waals surface area contributed by atoms with Crippen LogP contribution in [0.3, 0.4) is 0 Å². The predicted molar refractivity (Wildman–Crippen MR) is 107 cm³/mol. The van der Waals surface area contributed by atoms with Crippen LogP contribution in [0.2, 0.25) is 0 Å². The fourth-order valence-corrected chi connectivity index (χ4v) is 4.99. The van der Waals surface area contributed by atoms with E-state index in [0.29, 0.717) is 0 Å². The van der Waals surface area contributed by atoms with Crippen molar-refractivity contribution in [2.24, 2.45) is 5.92 Å². The molecule has 0 unspecified atom stereocenters. The number of anilines is 2. The fourth-order valence-electron chi connectivity index (χ4n) is 3.64. The van der Waals surface area contributed by atoms with Gasteiger partial charge >= 0.3 is 0 Å². The monoisotopic (exact) mass is 351 g/mol. The standard InChI is InChI=1S/C21H25N3S/c1-3-4-5-15-7-9-16(10-8-15)24-20-19-17-11-6-14(2)12-18(17)25-21(19)23-13-22-20/h7-10,13-14H,3-6,11-12H2,1-2H3,(H,22,23,24)/t14-/m0/s1. The van der Waals surface area contributed by atoms with Crippen LogP contribution in [0.25, 0.3) is 10.2 Å². The van der Waals surface area contributed by atoms with Crippen molar-refractivity contribution in [2.75, 3.05) is 5.32 Å². The van der Waals surface area contributed by atoms with Gasteiger partial charge < -0.3 is 5.32 Å². The molecule has 4 heteroatoms. The van der Waals surface area contributed by atoms with Crippen LogP contribution in [0.15, 0.2) is 30.6 Å². The van der Waals surface area contributed by atoms with Crippen LogP contribution in [0.5, 0.6) is 0 Å². The Labute approximate surface area is 153 Å². The number of hydrogen-bond acceptors (Lipinski definition) is 4. The van der Waals surface area contributed by atoms with E-state index in [1.54, 1.807) is 6.33 Å². The van der Waals surface area contributed by atoms with Gasteiger partial charge in [0.15, 0.2) is 0 Å². The van der Waals surface area contributed by atoms with Crippen LogP contribution in [-0.4, -0.2) is 9.97 Å².